The first-order chi connectivity index (χ1) is 24.5. The third-order valence-electron chi connectivity index (χ3n) is 11.1. The molecule has 0 spiro atoms. The molecule has 0 saturated carbocycles. The Morgan fingerprint density at radius 2 is 0.600 bits per heavy atom. The van der Waals surface area contributed by atoms with E-state index in [1.807, 2.05) is 6.92 Å². The zero-order valence-electron chi connectivity index (χ0n) is 34.1. The molecule has 0 aliphatic heterocycles. The van der Waals surface area contributed by atoms with E-state index in [0.29, 0.717) is 0 Å². The Balaban J connectivity index is 3.88. The molecule has 4 N–H and O–H groups in total. The number of carbonyl (C=O) groups excluding carboxylic acids is 2. The molecular formula is C46H88N2O2. The summed E-state index contributed by atoms with van der Waals surface area (Å²) < 4.78 is 0. The van der Waals surface area contributed by atoms with Crippen LogP contribution in [0.4, 0.5) is 0 Å². The lowest BCUT2D eigenvalue weighted by atomic mass is 9.77. The summed E-state index contributed by atoms with van der Waals surface area (Å²) in [5.41, 5.74) is 11.7. The van der Waals surface area contributed by atoms with Gasteiger partial charge < -0.3 is 11.5 Å². The van der Waals surface area contributed by atoms with Gasteiger partial charge in [0.2, 0.25) is 11.8 Å². The van der Waals surface area contributed by atoms with Crippen molar-refractivity contribution in [1.82, 2.24) is 0 Å². The maximum Gasteiger partial charge on any atom is 0.220 e. The van der Waals surface area contributed by atoms with Gasteiger partial charge in [-0.05, 0) is 70.1 Å². The lowest BCUT2D eigenvalue weighted by Gasteiger charge is -2.27. The van der Waals surface area contributed by atoms with Crippen molar-refractivity contribution >= 4 is 11.8 Å². The van der Waals surface area contributed by atoms with Crippen molar-refractivity contribution in [1.29, 1.82) is 0 Å². The SMILES string of the molecule is CCCCCCCC/C=C\CCCCCCCCCCC(C(N)=O)C(C)C(CCCCCCCCCC/C=C\CCCCCCCC)C(N)=O. The highest BCUT2D eigenvalue weighted by atomic mass is 16.1. The van der Waals surface area contributed by atoms with Gasteiger partial charge in [0.25, 0.3) is 0 Å². The molecule has 0 fully saturated rings. The molecule has 294 valence electrons. The molecule has 2 atom stereocenters. The van der Waals surface area contributed by atoms with Crippen LogP contribution in [0.25, 0.3) is 0 Å². The van der Waals surface area contributed by atoms with Crippen LogP contribution in [0.1, 0.15) is 239 Å². The molecule has 0 bridgehead atoms. The zero-order chi connectivity index (χ0) is 36.8. The molecular weight excluding hydrogens is 613 g/mol. The molecule has 0 rings (SSSR count). The quantitative estimate of drug-likeness (QED) is 0.0492. The molecule has 0 saturated heterocycles. The topological polar surface area (TPSA) is 86.2 Å². The first-order valence-electron chi connectivity index (χ1n) is 22.3. The number of hydrogen-bond donors (Lipinski definition) is 2. The molecule has 2 amide bonds. The minimum Gasteiger partial charge on any atom is -0.369 e. The lowest BCUT2D eigenvalue weighted by Crippen LogP contribution is -2.38. The van der Waals surface area contributed by atoms with Gasteiger partial charge in [0.15, 0.2) is 0 Å². The van der Waals surface area contributed by atoms with E-state index in [0.717, 1.165) is 38.5 Å². The average Bonchev–Trinajstić information content (AvgIpc) is 3.09. The van der Waals surface area contributed by atoms with Gasteiger partial charge in [-0.25, -0.2) is 0 Å². The number of rotatable bonds is 40. The van der Waals surface area contributed by atoms with Crippen molar-refractivity contribution in [2.45, 2.75) is 239 Å². The van der Waals surface area contributed by atoms with Crippen LogP contribution in [-0.2, 0) is 9.59 Å². The summed E-state index contributed by atoms with van der Waals surface area (Å²) in [6.45, 7) is 6.58. The number of nitrogens with two attached hydrogens (primary N) is 2. The maximum absolute atomic E-state index is 12.4. The molecule has 4 heteroatoms. The van der Waals surface area contributed by atoms with Crippen LogP contribution in [0.2, 0.25) is 0 Å². The van der Waals surface area contributed by atoms with E-state index in [4.69, 9.17) is 11.5 Å². The Morgan fingerprint density at radius 1 is 0.380 bits per heavy atom. The van der Waals surface area contributed by atoms with Crippen molar-refractivity contribution in [3.05, 3.63) is 24.3 Å². The Morgan fingerprint density at radius 3 is 0.840 bits per heavy atom. The summed E-state index contributed by atoms with van der Waals surface area (Å²) in [5, 5.41) is 0. The van der Waals surface area contributed by atoms with Gasteiger partial charge in [-0.2, -0.15) is 0 Å². The molecule has 0 aliphatic carbocycles. The molecule has 2 unspecified atom stereocenters. The smallest absolute Gasteiger partial charge is 0.220 e. The zero-order valence-corrected chi connectivity index (χ0v) is 34.1. The van der Waals surface area contributed by atoms with E-state index in [2.05, 4.69) is 38.2 Å². The van der Waals surface area contributed by atoms with Crippen LogP contribution < -0.4 is 11.5 Å². The summed E-state index contributed by atoms with van der Waals surface area (Å²) in [6, 6.07) is 0. The van der Waals surface area contributed by atoms with E-state index in [-0.39, 0.29) is 29.6 Å². The minimum atomic E-state index is -0.266. The maximum atomic E-state index is 12.4. The lowest BCUT2D eigenvalue weighted by molar-refractivity contribution is -0.128. The fraction of sp³-hybridized carbons (Fsp3) is 0.870. The van der Waals surface area contributed by atoms with E-state index in [9.17, 15) is 9.59 Å². The Hall–Kier alpha value is -1.58. The predicted molar refractivity (Wildman–Crippen MR) is 221 cm³/mol. The van der Waals surface area contributed by atoms with Gasteiger partial charge in [-0.3, -0.25) is 9.59 Å². The Labute approximate surface area is 313 Å². The molecule has 0 aliphatic rings. The fourth-order valence-corrected chi connectivity index (χ4v) is 7.54. The second-order valence-electron chi connectivity index (χ2n) is 15.7. The monoisotopic (exact) mass is 701 g/mol. The number of hydrogen-bond acceptors (Lipinski definition) is 2. The van der Waals surface area contributed by atoms with Crippen LogP contribution in [-0.4, -0.2) is 11.8 Å². The highest BCUT2D eigenvalue weighted by molar-refractivity contribution is 5.80. The van der Waals surface area contributed by atoms with Gasteiger partial charge in [0, 0.05) is 11.8 Å². The highest BCUT2D eigenvalue weighted by Gasteiger charge is 2.32. The molecule has 50 heavy (non-hydrogen) atoms. The number of primary amides is 2. The fourth-order valence-electron chi connectivity index (χ4n) is 7.54. The van der Waals surface area contributed by atoms with Gasteiger partial charge in [0.05, 0.1) is 0 Å². The van der Waals surface area contributed by atoms with Crippen LogP contribution >= 0.6 is 0 Å². The van der Waals surface area contributed by atoms with E-state index in [1.165, 1.54) is 180 Å². The predicted octanol–water partition coefficient (Wildman–Crippen LogP) is 14.2. The standard InChI is InChI=1S/C46H88N2O2/c1-4-6-8-10-12-14-16-18-20-22-24-26-28-30-32-34-36-38-40-43(45(47)49)42(3)44(46(48)50)41-39-37-35-33-31-29-27-25-23-21-19-17-15-13-11-9-7-5-2/h18-21,42-44H,4-17,22-41H2,1-3H3,(H2,47,49)(H2,48,50)/b20-18-,21-19-. The molecule has 0 heterocycles. The largest absolute Gasteiger partial charge is 0.369 e. The van der Waals surface area contributed by atoms with Gasteiger partial charge in [0.1, 0.15) is 0 Å². The molecule has 0 aromatic rings. The van der Waals surface area contributed by atoms with Crippen molar-refractivity contribution in [3.8, 4) is 0 Å². The number of amides is 2. The van der Waals surface area contributed by atoms with Gasteiger partial charge >= 0.3 is 0 Å². The summed E-state index contributed by atoms with van der Waals surface area (Å²) in [6.07, 6.45) is 52.4. The van der Waals surface area contributed by atoms with Crippen LogP contribution in [0, 0.1) is 17.8 Å². The number of carbonyl (C=O) groups is 2. The normalized spacial score (nSPS) is 13.7. The van der Waals surface area contributed by atoms with E-state index < -0.39 is 0 Å². The highest BCUT2D eigenvalue weighted by Crippen LogP contribution is 2.30. The average molecular weight is 701 g/mol. The first-order valence-corrected chi connectivity index (χ1v) is 22.3. The molecule has 0 radical (unpaired) electrons. The summed E-state index contributed by atoms with van der Waals surface area (Å²) in [7, 11) is 0. The Bertz CT molecular complexity index is 727. The second kappa shape index (κ2) is 38.6. The van der Waals surface area contributed by atoms with E-state index in [1.54, 1.807) is 0 Å². The van der Waals surface area contributed by atoms with Crippen molar-refractivity contribution in [2.75, 3.05) is 0 Å². The molecule has 0 aromatic heterocycles. The van der Waals surface area contributed by atoms with E-state index >= 15 is 0 Å². The molecule has 4 nitrogen and oxygen atoms in total. The summed E-state index contributed by atoms with van der Waals surface area (Å²) in [5.74, 6) is -1.13. The third-order valence-corrected chi connectivity index (χ3v) is 11.1. The van der Waals surface area contributed by atoms with Gasteiger partial charge in [-0.1, -0.05) is 199 Å². The van der Waals surface area contributed by atoms with Crippen LogP contribution in [0.3, 0.4) is 0 Å². The number of unbranched alkanes of at least 4 members (excludes halogenated alkanes) is 28. The summed E-state index contributed by atoms with van der Waals surface area (Å²) in [4.78, 5) is 24.8. The van der Waals surface area contributed by atoms with Crippen molar-refractivity contribution in [2.24, 2.45) is 29.2 Å². The van der Waals surface area contributed by atoms with Crippen molar-refractivity contribution in [3.63, 3.8) is 0 Å². The summed E-state index contributed by atoms with van der Waals surface area (Å²) >= 11 is 0. The molecule has 0 aromatic carbocycles. The van der Waals surface area contributed by atoms with Crippen molar-refractivity contribution < 1.29 is 9.59 Å². The van der Waals surface area contributed by atoms with Crippen LogP contribution in [0.15, 0.2) is 24.3 Å². The van der Waals surface area contributed by atoms with Gasteiger partial charge in [-0.15, -0.1) is 0 Å². The van der Waals surface area contributed by atoms with Crippen LogP contribution in [0.5, 0.6) is 0 Å². The third kappa shape index (κ3) is 32.3. The second-order valence-corrected chi connectivity index (χ2v) is 15.7. The first kappa shape index (κ1) is 48.4. The Kier molecular flexibility index (Phi) is 37.4. The number of allylic oxidation sites excluding steroid dienone is 4. The minimum absolute atomic E-state index is 0.0790.